The molecule has 0 aromatic carbocycles. The maximum absolute atomic E-state index is 12.1. The molecule has 0 saturated carbocycles. The van der Waals surface area contributed by atoms with Gasteiger partial charge < -0.3 is 20.6 Å². The van der Waals surface area contributed by atoms with E-state index >= 15 is 0 Å². The number of amides is 3. The first-order valence-electron chi connectivity index (χ1n) is 5.89. The van der Waals surface area contributed by atoms with Crippen LogP contribution in [0.25, 0.3) is 0 Å². The molecular formula is C11H21N3O4. The molecule has 0 spiro atoms. The Balaban J connectivity index is 4.90. The Morgan fingerprint density at radius 1 is 1.22 bits per heavy atom. The van der Waals surface area contributed by atoms with Crippen molar-refractivity contribution in [3.63, 3.8) is 0 Å². The quantitative estimate of drug-likeness (QED) is 0.676. The van der Waals surface area contributed by atoms with Crippen LogP contribution in [0.3, 0.4) is 0 Å². The fourth-order valence-corrected chi connectivity index (χ4v) is 1.58. The van der Waals surface area contributed by atoms with Crippen LogP contribution in [-0.2, 0) is 9.59 Å². The zero-order valence-electron chi connectivity index (χ0n) is 11.0. The lowest BCUT2D eigenvalue weighted by Gasteiger charge is -2.32. The fourth-order valence-electron chi connectivity index (χ4n) is 1.58. The Bertz CT molecular complexity index is 303. The minimum absolute atomic E-state index is 0.0216. The Hall–Kier alpha value is -1.79. The summed E-state index contributed by atoms with van der Waals surface area (Å²) in [5, 5.41) is 8.73. The highest BCUT2D eigenvalue weighted by molar-refractivity contribution is 5.86. The predicted molar refractivity (Wildman–Crippen MR) is 65.9 cm³/mol. The van der Waals surface area contributed by atoms with Gasteiger partial charge in [-0.1, -0.05) is 6.92 Å². The summed E-state index contributed by atoms with van der Waals surface area (Å²) in [4.78, 5) is 36.1. The Kier molecular flexibility index (Phi) is 6.77. The summed E-state index contributed by atoms with van der Waals surface area (Å²) in [6.07, 6.45) is 0.747. The molecule has 7 nitrogen and oxygen atoms in total. The first-order valence-corrected chi connectivity index (χ1v) is 5.89. The first-order chi connectivity index (χ1) is 8.33. The topological polar surface area (TPSA) is 104 Å². The lowest BCUT2D eigenvalue weighted by atomic mass is 10.2. The number of aliphatic carboxylic acids is 1. The van der Waals surface area contributed by atoms with Crippen molar-refractivity contribution in [3.8, 4) is 0 Å². The van der Waals surface area contributed by atoms with Crippen LogP contribution in [0.2, 0.25) is 0 Å². The fraction of sp³-hybridized carbons (Fsp3) is 0.727. The van der Waals surface area contributed by atoms with Gasteiger partial charge in [0.05, 0.1) is 0 Å². The normalized spacial score (nSPS) is 11.7. The van der Waals surface area contributed by atoms with Gasteiger partial charge in [-0.25, -0.2) is 4.79 Å². The van der Waals surface area contributed by atoms with Crippen LogP contribution >= 0.6 is 0 Å². The van der Waals surface area contributed by atoms with E-state index < -0.39 is 31.0 Å². The molecule has 0 aliphatic heterocycles. The van der Waals surface area contributed by atoms with Gasteiger partial charge in [-0.3, -0.25) is 9.59 Å². The van der Waals surface area contributed by atoms with Gasteiger partial charge in [-0.15, -0.1) is 0 Å². The van der Waals surface area contributed by atoms with Gasteiger partial charge >= 0.3 is 12.0 Å². The molecule has 1 atom stereocenters. The molecular weight excluding hydrogens is 238 g/mol. The van der Waals surface area contributed by atoms with Crippen LogP contribution in [0, 0.1) is 0 Å². The number of carboxylic acid groups (broad SMARTS) is 1. The van der Waals surface area contributed by atoms with Crippen LogP contribution < -0.4 is 5.73 Å². The number of hydrogen-bond acceptors (Lipinski definition) is 3. The van der Waals surface area contributed by atoms with Crippen LogP contribution in [0.4, 0.5) is 4.79 Å². The molecule has 18 heavy (non-hydrogen) atoms. The van der Waals surface area contributed by atoms with Gasteiger partial charge in [0.15, 0.2) is 0 Å². The van der Waals surface area contributed by atoms with E-state index in [0.717, 1.165) is 11.3 Å². The summed E-state index contributed by atoms with van der Waals surface area (Å²) in [5.74, 6) is -1.91. The minimum atomic E-state index is -1.18. The second-order valence-electron chi connectivity index (χ2n) is 4.04. The molecule has 0 aliphatic rings. The molecule has 0 radical (unpaired) electrons. The summed E-state index contributed by atoms with van der Waals surface area (Å²) >= 11 is 0. The van der Waals surface area contributed by atoms with E-state index in [2.05, 4.69) is 0 Å². The summed E-state index contributed by atoms with van der Waals surface area (Å²) in [6.45, 7) is 5.11. The molecule has 0 aromatic rings. The van der Waals surface area contributed by atoms with Crippen LogP contribution in [0.5, 0.6) is 0 Å². The summed E-state index contributed by atoms with van der Waals surface area (Å²) < 4.78 is 0. The van der Waals surface area contributed by atoms with Gasteiger partial charge in [0.2, 0.25) is 5.91 Å². The first kappa shape index (κ1) is 16.2. The third-order valence-electron chi connectivity index (χ3n) is 2.65. The second-order valence-corrected chi connectivity index (χ2v) is 4.04. The molecule has 1 unspecified atom stereocenters. The Morgan fingerprint density at radius 3 is 2.11 bits per heavy atom. The molecule has 0 aromatic heterocycles. The molecule has 3 N–H and O–H groups in total. The maximum Gasteiger partial charge on any atom is 0.323 e. The number of nitrogens with two attached hydrogens (primary N) is 1. The third-order valence-corrected chi connectivity index (χ3v) is 2.65. The predicted octanol–water partition coefficient (Wildman–Crippen LogP) is 0.0987. The number of carboxylic acids is 1. The van der Waals surface area contributed by atoms with Crippen LogP contribution in [0.15, 0.2) is 0 Å². The van der Waals surface area contributed by atoms with Crippen molar-refractivity contribution in [1.29, 1.82) is 0 Å². The lowest BCUT2D eigenvalue weighted by Crippen LogP contribution is -2.51. The number of carbonyl (C=O) groups is 3. The molecule has 104 valence electrons. The zero-order chi connectivity index (χ0) is 14.3. The van der Waals surface area contributed by atoms with Crippen molar-refractivity contribution < 1.29 is 19.5 Å². The van der Waals surface area contributed by atoms with Crippen molar-refractivity contribution in [2.45, 2.75) is 33.2 Å². The average molecular weight is 259 g/mol. The molecule has 3 amide bonds. The SMILES string of the molecule is CCC(C)N(CC)C(=O)N(CC(N)=O)CC(=O)O. The summed E-state index contributed by atoms with van der Waals surface area (Å²) in [5.41, 5.74) is 5.01. The zero-order valence-corrected chi connectivity index (χ0v) is 11.0. The standard InChI is InChI=1S/C11H21N3O4/c1-4-8(3)14(5-2)11(18)13(6-9(12)15)7-10(16)17/h8H,4-7H2,1-3H3,(H2,12,15)(H,16,17). The molecule has 0 heterocycles. The van der Waals surface area contributed by atoms with Crippen LogP contribution in [-0.4, -0.2) is 58.5 Å². The molecule has 0 saturated heterocycles. The number of nitrogens with zero attached hydrogens (tertiary/aromatic N) is 2. The highest BCUT2D eigenvalue weighted by atomic mass is 16.4. The van der Waals surface area contributed by atoms with Crippen molar-refractivity contribution in [1.82, 2.24) is 9.80 Å². The van der Waals surface area contributed by atoms with Gasteiger partial charge in [0.1, 0.15) is 13.1 Å². The van der Waals surface area contributed by atoms with Gasteiger partial charge in [0.25, 0.3) is 0 Å². The highest BCUT2D eigenvalue weighted by Crippen LogP contribution is 2.07. The van der Waals surface area contributed by atoms with E-state index in [9.17, 15) is 14.4 Å². The molecule has 7 heteroatoms. The maximum atomic E-state index is 12.1. The molecule has 0 aliphatic carbocycles. The van der Waals surface area contributed by atoms with Crippen molar-refractivity contribution in [2.24, 2.45) is 5.73 Å². The highest BCUT2D eigenvalue weighted by Gasteiger charge is 2.25. The Labute approximate surface area is 107 Å². The molecule has 0 rings (SSSR count). The van der Waals surface area contributed by atoms with Crippen molar-refractivity contribution in [2.75, 3.05) is 19.6 Å². The molecule has 0 bridgehead atoms. The smallest absolute Gasteiger partial charge is 0.323 e. The lowest BCUT2D eigenvalue weighted by molar-refractivity contribution is -0.138. The average Bonchev–Trinajstić information content (AvgIpc) is 2.27. The van der Waals surface area contributed by atoms with Gasteiger partial charge in [-0.05, 0) is 20.3 Å². The summed E-state index contributed by atoms with van der Waals surface area (Å²) in [7, 11) is 0. The van der Waals surface area contributed by atoms with Gasteiger partial charge in [0, 0.05) is 12.6 Å². The number of carbonyl (C=O) groups excluding carboxylic acids is 2. The number of primary amides is 1. The van der Waals surface area contributed by atoms with E-state index in [4.69, 9.17) is 10.8 Å². The van der Waals surface area contributed by atoms with E-state index in [1.165, 1.54) is 4.90 Å². The van der Waals surface area contributed by atoms with E-state index in [-0.39, 0.29) is 6.04 Å². The van der Waals surface area contributed by atoms with Crippen LogP contribution in [0.1, 0.15) is 27.2 Å². The third kappa shape index (κ3) is 5.03. The second kappa shape index (κ2) is 7.52. The van der Waals surface area contributed by atoms with E-state index in [1.54, 1.807) is 6.92 Å². The number of hydrogen-bond donors (Lipinski definition) is 2. The van der Waals surface area contributed by atoms with E-state index in [0.29, 0.717) is 6.54 Å². The monoisotopic (exact) mass is 259 g/mol. The van der Waals surface area contributed by atoms with Crippen molar-refractivity contribution >= 4 is 17.9 Å². The Morgan fingerprint density at radius 2 is 1.78 bits per heavy atom. The van der Waals surface area contributed by atoms with Crippen molar-refractivity contribution in [3.05, 3.63) is 0 Å². The molecule has 0 fully saturated rings. The number of rotatable bonds is 7. The largest absolute Gasteiger partial charge is 0.480 e. The minimum Gasteiger partial charge on any atom is -0.480 e. The van der Waals surface area contributed by atoms with Gasteiger partial charge in [-0.2, -0.15) is 0 Å². The van der Waals surface area contributed by atoms with E-state index in [1.807, 2.05) is 13.8 Å². The number of urea groups is 1. The summed E-state index contributed by atoms with van der Waals surface area (Å²) in [6, 6.07) is -0.500.